The first-order valence-electron chi connectivity index (χ1n) is 14.6. The molecule has 9 heteroatoms. The third kappa shape index (κ3) is 7.54. The van der Waals surface area contributed by atoms with Gasteiger partial charge in [0.05, 0.1) is 12.1 Å². The number of likely N-dealkylation sites (tertiary alicyclic amines) is 1. The van der Waals surface area contributed by atoms with Crippen molar-refractivity contribution in [2.24, 2.45) is 17.3 Å². The second-order valence-electron chi connectivity index (χ2n) is 11.8. The average Bonchev–Trinajstić information content (AvgIpc) is 3.47. The largest absolute Gasteiger partial charge is 0.341 e. The second kappa shape index (κ2) is 14.0. The number of carbonyl (C=O) groups is 1. The monoisotopic (exact) mass is 572 g/mol. The van der Waals surface area contributed by atoms with Gasteiger partial charge >= 0.3 is 0 Å². The quantitative estimate of drug-likeness (QED) is 0.430. The lowest BCUT2D eigenvalue weighted by Crippen LogP contribution is -2.55. The van der Waals surface area contributed by atoms with Crippen molar-refractivity contribution >= 4 is 29.9 Å². The maximum atomic E-state index is 14.0. The smallest absolute Gasteiger partial charge is 0.240 e. The summed E-state index contributed by atoms with van der Waals surface area (Å²) in [5, 5.41) is 18.2. The van der Waals surface area contributed by atoms with Crippen LogP contribution in [0.15, 0.2) is 36.9 Å². The summed E-state index contributed by atoms with van der Waals surface area (Å²) in [5.41, 5.74) is 1.30. The number of hydrogen-bond acceptors (Lipinski definition) is 5. The fourth-order valence-corrected chi connectivity index (χ4v) is 7.31. The fourth-order valence-electron chi connectivity index (χ4n) is 7.19. The van der Waals surface area contributed by atoms with E-state index in [0.717, 1.165) is 63.7 Å². The molecule has 0 radical (unpaired) electrons. The van der Waals surface area contributed by atoms with Gasteiger partial charge in [-0.1, -0.05) is 43.0 Å². The van der Waals surface area contributed by atoms with Gasteiger partial charge in [0.25, 0.3) is 0 Å². The van der Waals surface area contributed by atoms with Gasteiger partial charge in [0, 0.05) is 36.6 Å². The van der Waals surface area contributed by atoms with Crippen LogP contribution in [-0.2, 0) is 17.8 Å². The molecule has 1 aromatic carbocycles. The van der Waals surface area contributed by atoms with E-state index in [1.165, 1.54) is 32.1 Å². The molecule has 1 aliphatic heterocycles. The number of piperidine rings is 1. The first-order chi connectivity index (χ1) is 18.5. The minimum Gasteiger partial charge on any atom is -0.341 e. The normalized spacial score (nSPS) is 24.4. The van der Waals surface area contributed by atoms with Crippen molar-refractivity contribution in [2.45, 2.75) is 95.7 Å². The maximum Gasteiger partial charge on any atom is 0.240 e. The number of halogens is 2. The molecular weight excluding hydrogens is 531 g/mol. The number of nitrogens with one attached hydrogen (secondary N) is 1. The van der Waals surface area contributed by atoms with Gasteiger partial charge in [-0.25, -0.2) is 4.98 Å². The molecule has 2 aliphatic carbocycles. The molecule has 2 heterocycles. The fraction of sp³-hybridized carbons (Fsp3) is 0.667. The Kier molecular flexibility index (Phi) is 10.7. The third-order valence-electron chi connectivity index (χ3n) is 9.48. The molecular formula is C30H42Cl2N6O. The van der Waals surface area contributed by atoms with E-state index in [4.69, 9.17) is 11.6 Å². The van der Waals surface area contributed by atoms with Crippen molar-refractivity contribution in [3.05, 3.63) is 47.5 Å². The zero-order valence-corrected chi connectivity index (χ0v) is 24.4. The zero-order chi connectivity index (χ0) is 26.4. The van der Waals surface area contributed by atoms with E-state index in [9.17, 15) is 10.1 Å². The Hall–Kier alpha value is -2.14. The molecule has 5 rings (SSSR count). The van der Waals surface area contributed by atoms with E-state index in [0.29, 0.717) is 17.4 Å². The Morgan fingerprint density at radius 3 is 2.38 bits per heavy atom. The first kappa shape index (κ1) is 29.8. The Balaban J connectivity index is 0.00000353. The van der Waals surface area contributed by atoms with Gasteiger partial charge in [-0.3, -0.25) is 9.48 Å². The molecule has 1 aromatic heterocycles. The van der Waals surface area contributed by atoms with Crippen LogP contribution in [-0.4, -0.2) is 50.7 Å². The van der Waals surface area contributed by atoms with Gasteiger partial charge in [0.15, 0.2) is 0 Å². The predicted molar refractivity (Wildman–Crippen MR) is 156 cm³/mol. The van der Waals surface area contributed by atoms with Crippen LogP contribution in [0.3, 0.4) is 0 Å². The lowest BCUT2D eigenvalue weighted by atomic mass is 9.63. The van der Waals surface area contributed by atoms with Crippen molar-refractivity contribution in [2.75, 3.05) is 13.1 Å². The van der Waals surface area contributed by atoms with Crippen LogP contribution in [0.5, 0.6) is 0 Å². The third-order valence-corrected chi connectivity index (χ3v) is 9.74. The minimum atomic E-state index is -0.266. The van der Waals surface area contributed by atoms with Crippen molar-refractivity contribution in [3.63, 3.8) is 0 Å². The van der Waals surface area contributed by atoms with Gasteiger partial charge in [-0.05, 0) is 86.8 Å². The van der Waals surface area contributed by atoms with Gasteiger partial charge in [0.1, 0.15) is 12.7 Å². The summed E-state index contributed by atoms with van der Waals surface area (Å²) in [5.74, 6) is 1.05. The van der Waals surface area contributed by atoms with Crippen molar-refractivity contribution in [1.82, 2.24) is 25.0 Å². The standard InChI is InChI=1S/C30H41ClN6O.ClH/c31-26-10-6-23(7-11-26)18-28(35-27-12-8-24(19-32)9-13-27)29(38)36-16-14-30(15-17-36,20-37-22-33-21-34-37)25-4-2-1-3-5-25;/h6-7,10-11,21-22,24-25,27-28,35H,1-5,8-9,12-18,20H2;1H/t24?,27?,28-;/m1./s1. The number of benzene rings is 1. The van der Waals surface area contributed by atoms with Crippen LogP contribution in [0, 0.1) is 28.6 Å². The van der Waals surface area contributed by atoms with Crippen LogP contribution in [0.4, 0.5) is 0 Å². The maximum absolute atomic E-state index is 14.0. The SMILES string of the molecule is Cl.N#CC1CCC(N[C@H](Cc2ccc(Cl)cc2)C(=O)N2CCC(Cn3cncn3)(C3CCCCC3)CC2)CC1. The van der Waals surface area contributed by atoms with Crippen LogP contribution >= 0.6 is 24.0 Å². The molecule has 212 valence electrons. The van der Waals surface area contributed by atoms with E-state index in [-0.39, 0.29) is 41.7 Å². The molecule has 1 amide bonds. The van der Waals surface area contributed by atoms with E-state index in [1.807, 2.05) is 35.3 Å². The molecule has 0 bridgehead atoms. The Morgan fingerprint density at radius 2 is 1.77 bits per heavy atom. The molecule has 0 unspecified atom stereocenters. The summed E-state index contributed by atoms with van der Waals surface area (Å²) >= 11 is 6.13. The van der Waals surface area contributed by atoms with Gasteiger partial charge in [0.2, 0.25) is 5.91 Å². The highest BCUT2D eigenvalue weighted by molar-refractivity contribution is 6.30. The van der Waals surface area contributed by atoms with Crippen LogP contribution in [0.25, 0.3) is 0 Å². The molecule has 0 spiro atoms. The molecule has 3 fully saturated rings. The lowest BCUT2D eigenvalue weighted by molar-refractivity contribution is -0.137. The van der Waals surface area contributed by atoms with E-state index >= 15 is 0 Å². The highest BCUT2D eigenvalue weighted by Gasteiger charge is 2.44. The molecule has 1 atom stereocenters. The number of carbonyl (C=O) groups excluding carboxylic acids is 1. The molecule has 7 nitrogen and oxygen atoms in total. The Morgan fingerprint density at radius 1 is 1.08 bits per heavy atom. The first-order valence-corrected chi connectivity index (χ1v) is 14.9. The van der Waals surface area contributed by atoms with Crippen molar-refractivity contribution < 1.29 is 4.79 Å². The second-order valence-corrected chi connectivity index (χ2v) is 12.3. The molecule has 39 heavy (non-hydrogen) atoms. The summed E-state index contributed by atoms with van der Waals surface area (Å²) in [7, 11) is 0. The molecule has 3 aliphatic rings. The molecule has 2 aromatic rings. The number of rotatable bonds is 8. The summed E-state index contributed by atoms with van der Waals surface area (Å²) in [4.78, 5) is 20.3. The summed E-state index contributed by atoms with van der Waals surface area (Å²) < 4.78 is 2.01. The molecule has 1 N–H and O–H groups in total. The summed E-state index contributed by atoms with van der Waals surface area (Å²) in [6.45, 7) is 2.49. The summed E-state index contributed by atoms with van der Waals surface area (Å²) in [6, 6.07) is 10.3. The van der Waals surface area contributed by atoms with Gasteiger partial charge in [-0.2, -0.15) is 10.4 Å². The van der Waals surface area contributed by atoms with Crippen molar-refractivity contribution in [3.8, 4) is 6.07 Å². The Labute approximate surface area is 244 Å². The number of amides is 1. The van der Waals surface area contributed by atoms with Crippen LogP contribution in [0.2, 0.25) is 5.02 Å². The highest BCUT2D eigenvalue weighted by Crippen LogP contribution is 2.47. The summed E-state index contributed by atoms with van der Waals surface area (Å²) in [6.07, 6.45) is 16.4. The number of hydrogen-bond donors (Lipinski definition) is 1. The zero-order valence-electron chi connectivity index (χ0n) is 22.8. The minimum absolute atomic E-state index is 0. The number of nitriles is 1. The lowest BCUT2D eigenvalue weighted by Gasteiger charge is -2.48. The number of aromatic nitrogens is 3. The highest BCUT2D eigenvalue weighted by atomic mass is 35.5. The average molecular weight is 574 g/mol. The van der Waals surface area contributed by atoms with Crippen molar-refractivity contribution in [1.29, 1.82) is 5.26 Å². The Bertz CT molecular complexity index is 1060. The predicted octanol–water partition coefficient (Wildman–Crippen LogP) is 5.83. The molecule has 1 saturated heterocycles. The van der Waals surface area contributed by atoms with Crippen LogP contribution in [0.1, 0.15) is 76.2 Å². The van der Waals surface area contributed by atoms with Gasteiger partial charge in [-0.15, -0.1) is 12.4 Å². The number of nitrogens with zero attached hydrogens (tertiary/aromatic N) is 5. The van der Waals surface area contributed by atoms with Crippen LogP contribution < -0.4 is 5.32 Å². The van der Waals surface area contributed by atoms with E-state index in [2.05, 4.69) is 26.4 Å². The van der Waals surface area contributed by atoms with E-state index < -0.39 is 0 Å². The topological polar surface area (TPSA) is 86.8 Å². The van der Waals surface area contributed by atoms with Gasteiger partial charge < -0.3 is 10.2 Å². The van der Waals surface area contributed by atoms with E-state index in [1.54, 1.807) is 6.33 Å². The molecule has 2 saturated carbocycles.